The Morgan fingerprint density at radius 2 is 1.66 bits per heavy atom. The van der Waals surface area contributed by atoms with Crippen molar-refractivity contribution in [3.05, 3.63) is 53.1 Å². The number of amides is 1. The fourth-order valence-electron chi connectivity index (χ4n) is 2.28. The third kappa shape index (κ3) is 5.69. The number of carbonyl (C=O) groups is 2. The van der Waals surface area contributed by atoms with Gasteiger partial charge in [-0.15, -0.1) is 0 Å². The predicted octanol–water partition coefficient (Wildman–Crippen LogP) is 2.45. The van der Waals surface area contributed by atoms with Crippen molar-refractivity contribution < 1.29 is 22.7 Å². The standard InChI is InChI=1S/C19H22ClN3O5S/c1-22(2)14-7-5-13(6-8-14)21-18(24)12-28-19(25)16-11-15(9-10-17(16)20)29(26,27)23(3)4/h5-11H,12H2,1-4H3,(H,21,24). The highest BCUT2D eigenvalue weighted by molar-refractivity contribution is 7.89. The van der Waals surface area contributed by atoms with E-state index < -0.39 is 28.5 Å². The topological polar surface area (TPSA) is 96.0 Å². The van der Waals surface area contributed by atoms with E-state index in [0.29, 0.717) is 5.69 Å². The fraction of sp³-hybridized carbons (Fsp3) is 0.263. The van der Waals surface area contributed by atoms with Crippen LogP contribution < -0.4 is 10.2 Å². The summed E-state index contributed by atoms with van der Waals surface area (Å²) in [5.74, 6) is -1.44. The first-order valence-electron chi connectivity index (χ1n) is 8.49. The molecule has 0 saturated carbocycles. The maximum atomic E-state index is 12.3. The summed E-state index contributed by atoms with van der Waals surface area (Å²) in [6, 6.07) is 10.8. The van der Waals surface area contributed by atoms with Crippen LogP contribution in [0.1, 0.15) is 10.4 Å². The van der Waals surface area contributed by atoms with Crippen molar-refractivity contribution in [2.24, 2.45) is 0 Å². The fourth-order valence-corrected chi connectivity index (χ4v) is 3.40. The molecule has 8 nitrogen and oxygen atoms in total. The average molecular weight is 440 g/mol. The van der Waals surface area contributed by atoms with Gasteiger partial charge in [-0.05, 0) is 42.5 Å². The minimum atomic E-state index is -3.75. The Morgan fingerprint density at radius 1 is 1.03 bits per heavy atom. The smallest absolute Gasteiger partial charge is 0.340 e. The van der Waals surface area contributed by atoms with E-state index in [1.165, 1.54) is 26.2 Å². The molecule has 0 radical (unpaired) electrons. The number of hydrogen-bond donors (Lipinski definition) is 1. The van der Waals surface area contributed by atoms with E-state index >= 15 is 0 Å². The second-order valence-electron chi connectivity index (χ2n) is 6.49. The van der Waals surface area contributed by atoms with E-state index in [-0.39, 0.29) is 15.5 Å². The third-order valence-electron chi connectivity index (χ3n) is 3.94. The molecule has 0 heterocycles. The minimum absolute atomic E-state index is 0.0207. The summed E-state index contributed by atoms with van der Waals surface area (Å²) in [6.45, 7) is -0.546. The normalized spacial score (nSPS) is 11.2. The molecule has 2 aromatic carbocycles. The molecule has 10 heteroatoms. The molecule has 0 fully saturated rings. The Hall–Kier alpha value is -2.62. The van der Waals surface area contributed by atoms with E-state index in [1.807, 2.05) is 31.1 Å². The van der Waals surface area contributed by atoms with E-state index in [2.05, 4.69) is 5.32 Å². The van der Waals surface area contributed by atoms with Crippen molar-refractivity contribution in [1.82, 2.24) is 4.31 Å². The molecule has 0 bridgehead atoms. The van der Waals surface area contributed by atoms with Gasteiger partial charge in [0.05, 0.1) is 15.5 Å². The van der Waals surface area contributed by atoms with Gasteiger partial charge < -0.3 is 15.0 Å². The monoisotopic (exact) mass is 439 g/mol. The lowest BCUT2D eigenvalue weighted by molar-refractivity contribution is -0.119. The largest absolute Gasteiger partial charge is 0.452 e. The van der Waals surface area contributed by atoms with Crippen molar-refractivity contribution >= 4 is 44.9 Å². The highest BCUT2D eigenvalue weighted by Crippen LogP contribution is 2.23. The molecule has 0 saturated heterocycles. The number of ether oxygens (including phenoxy) is 1. The van der Waals surface area contributed by atoms with Crippen molar-refractivity contribution in [3.63, 3.8) is 0 Å². The summed E-state index contributed by atoms with van der Waals surface area (Å²) in [6.07, 6.45) is 0. The SMILES string of the molecule is CN(C)c1ccc(NC(=O)COC(=O)c2cc(S(=O)(=O)N(C)C)ccc2Cl)cc1. The molecule has 0 aliphatic heterocycles. The van der Waals surface area contributed by atoms with Gasteiger partial charge in [-0.3, -0.25) is 4.79 Å². The van der Waals surface area contributed by atoms with Crippen LogP contribution in [0.3, 0.4) is 0 Å². The van der Waals surface area contributed by atoms with E-state index in [4.69, 9.17) is 16.3 Å². The molecular formula is C19H22ClN3O5S. The number of nitrogens with one attached hydrogen (secondary N) is 1. The zero-order chi connectivity index (χ0) is 21.8. The Balaban J connectivity index is 2.04. The second kappa shape index (κ2) is 9.25. The molecule has 0 spiro atoms. The molecule has 0 aromatic heterocycles. The van der Waals surface area contributed by atoms with Gasteiger partial charge in [-0.2, -0.15) is 0 Å². The summed E-state index contributed by atoms with van der Waals surface area (Å²) in [5, 5.41) is 2.63. The first kappa shape index (κ1) is 22.7. The van der Waals surface area contributed by atoms with Gasteiger partial charge in [0, 0.05) is 39.6 Å². The van der Waals surface area contributed by atoms with Crippen LogP contribution in [0.25, 0.3) is 0 Å². The van der Waals surface area contributed by atoms with Gasteiger partial charge in [0.2, 0.25) is 10.0 Å². The second-order valence-corrected chi connectivity index (χ2v) is 9.05. The highest BCUT2D eigenvalue weighted by atomic mass is 35.5. The van der Waals surface area contributed by atoms with Crippen LogP contribution in [0.2, 0.25) is 5.02 Å². The number of rotatable bonds is 7. The van der Waals surface area contributed by atoms with Crippen molar-refractivity contribution in [3.8, 4) is 0 Å². The first-order chi connectivity index (χ1) is 13.5. The third-order valence-corrected chi connectivity index (χ3v) is 6.08. The molecule has 29 heavy (non-hydrogen) atoms. The zero-order valence-corrected chi connectivity index (χ0v) is 18.0. The molecular weight excluding hydrogens is 418 g/mol. The molecule has 1 N–H and O–H groups in total. The number of sulfonamides is 1. The van der Waals surface area contributed by atoms with Crippen LogP contribution in [0, 0.1) is 0 Å². The summed E-state index contributed by atoms with van der Waals surface area (Å²) in [4.78, 5) is 26.1. The van der Waals surface area contributed by atoms with Crippen molar-refractivity contribution in [2.75, 3.05) is 45.0 Å². The van der Waals surface area contributed by atoms with Crippen molar-refractivity contribution in [1.29, 1.82) is 0 Å². The van der Waals surface area contributed by atoms with E-state index in [9.17, 15) is 18.0 Å². The van der Waals surface area contributed by atoms with Gasteiger partial charge in [0.25, 0.3) is 5.91 Å². The molecule has 2 aromatic rings. The van der Waals surface area contributed by atoms with E-state index in [0.717, 1.165) is 16.1 Å². The van der Waals surface area contributed by atoms with Gasteiger partial charge in [-0.25, -0.2) is 17.5 Å². The summed E-state index contributed by atoms with van der Waals surface area (Å²) >= 11 is 5.99. The predicted molar refractivity (Wildman–Crippen MR) is 112 cm³/mol. The lowest BCUT2D eigenvalue weighted by Crippen LogP contribution is -2.23. The highest BCUT2D eigenvalue weighted by Gasteiger charge is 2.22. The average Bonchev–Trinajstić information content (AvgIpc) is 2.66. The van der Waals surface area contributed by atoms with Crippen LogP contribution in [-0.2, 0) is 19.6 Å². The number of benzene rings is 2. The summed E-state index contributed by atoms with van der Waals surface area (Å²) in [7, 11) is 2.80. The summed E-state index contributed by atoms with van der Waals surface area (Å²) in [5.41, 5.74) is 1.38. The van der Waals surface area contributed by atoms with E-state index in [1.54, 1.807) is 12.1 Å². The Kier molecular flexibility index (Phi) is 7.23. The van der Waals surface area contributed by atoms with Crippen LogP contribution in [0.4, 0.5) is 11.4 Å². The van der Waals surface area contributed by atoms with Crippen LogP contribution in [0.5, 0.6) is 0 Å². The molecule has 0 unspecified atom stereocenters. The number of hydrogen-bond acceptors (Lipinski definition) is 6. The number of anilines is 2. The quantitative estimate of drug-likeness (QED) is 0.666. The molecule has 2 rings (SSSR count). The zero-order valence-electron chi connectivity index (χ0n) is 16.5. The van der Waals surface area contributed by atoms with Crippen molar-refractivity contribution in [2.45, 2.75) is 4.90 Å². The van der Waals surface area contributed by atoms with Crippen LogP contribution in [0.15, 0.2) is 47.4 Å². The van der Waals surface area contributed by atoms with Gasteiger partial charge >= 0.3 is 5.97 Å². The number of carbonyl (C=O) groups excluding carboxylic acids is 2. The maximum Gasteiger partial charge on any atom is 0.340 e. The molecule has 156 valence electrons. The lowest BCUT2D eigenvalue weighted by atomic mass is 10.2. The summed E-state index contributed by atoms with van der Waals surface area (Å²) < 4.78 is 30.4. The number of halogens is 1. The van der Waals surface area contributed by atoms with Gasteiger partial charge in [0.1, 0.15) is 0 Å². The number of esters is 1. The lowest BCUT2D eigenvalue weighted by Gasteiger charge is -2.14. The molecule has 0 atom stereocenters. The van der Waals surface area contributed by atoms with Crippen LogP contribution in [-0.4, -0.2) is 59.4 Å². The Morgan fingerprint density at radius 3 is 2.21 bits per heavy atom. The minimum Gasteiger partial charge on any atom is -0.452 e. The molecule has 0 aliphatic carbocycles. The first-order valence-corrected chi connectivity index (χ1v) is 10.3. The van der Waals surface area contributed by atoms with Gasteiger partial charge in [0.15, 0.2) is 6.61 Å². The molecule has 1 amide bonds. The Labute approximate surface area is 175 Å². The van der Waals surface area contributed by atoms with Crippen LogP contribution >= 0.6 is 11.6 Å². The molecule has 0 aliphatic rings. The number of nitrogens with zero attached hydrogens (tertiary/aromatic N) is 2. The van der Waals surface area contributed by atoms with Gasteiger partial charge in [-0.1, -0.05) is 11.6 Å². The maximum absolute atomic E-state index is 12.3. The Bertz CT molecular complexity index is 1010.